The number of amides is 2. The predicted octanol–water partition coefficient (Wildman–Crippen LogP) is 2.69. The number of carbonyl (C=O) groups excluding carboxylic acids is 2. The highest BCUT2D eigenvalue weighted by Crippen LogP contribution is 2.34. The zero-order valence-electron chi connectivity index (χ0n) is 13.8. The average Bonchev–Trinajstić information content (AvgIpc) is 3.25. The Morgan fingerprint density at radius 3 is 2.58 bits per heavy atom. The highest BCUT2D eigenvalue weighted by atomic mass is 16.3. The molecule has 0 radical (unpaired) electrons. The Morgan fingerprint density at radius 1 is 1.21 bits per heavy atom. The molecule has 1 N–H and O–H groups in total. The van der Waals surface area contributed by atoms with Gasteiger partial charge in [0.25, 0.3) is 0 Å². The molecule has 126 valence electrons. The van der Waals surface area contributed by atoms with Gasteiger partial charge < -0.3 is 14.6 Å². The molecule has 1 atom stereocenters. The summed E-state index contributed by atoms with van der Waals surface area (Å²) in [6.07, 6.45) is 3.91. The van der Waals surface area contributed by atoms with Crippen LogP contribution in [0.5, 0.6) is 0 Å². The lowest BCUT2D eigenvalue weighted by Crippen LogP contribution is -2.42. The van der Waals surface area contributed by atoms with Crippen molar-refractivity contribution in [2.75, 3.05) is 6.54 Å². The number of carbonyl (C=O) groups is 2. The van der Waals surface area contributed by atoms with E-state index in [-0.39, 0.29) is 36.9 Å². The standard InChI is InChI=1S/C19H22N2O3/c1-14(17-8-5-11-24-17)21(16-9-10-16)19(23)13-20-18(22)12-15-6-3-2-4-7-15/h2-8,11,14,16H,9-10,12-13H2,1H3,(H,20,22)/t14-/m1/s1. The Labute approximate surface area is 141 Å². The Kier molecular flexibility index (Phi) is 4.99. The lowest BCUT2D eigenvalue weighted by atomic mass is 10.1. The first kappa shape index (κ1) is 16.3. The number of furan rings is 1. The van der Waals surface area contributed by atoms with E-state index in [1.165, 1.54) is 0 Å². The zero-order valence-corrected chi connectivity index (χ0v) is 13.8. The molecule has 0 saturated heterocycles. The van der Waals surface area contributed by atoms with Crippen LogP contribution in [-0.2, 0) is 16.0 Å². The molecule has 5 heteroatoms. The van der Waals surface area contributed by atoms with Gasteiger partial charge >= 0.3 is 0 Å². The van der Waals surface area contributed by atoms with Crippen LogP contribution in [0.3, 0.4) is 0 Å². The first-order valence-electron chi connectivity index (χ1n) is 8.30. The van der Waals surface area contributed by atoms with Crippen LogP contribution in [0, 0.1) is 0 Å². The van der Waals surface area contributed by atoms with Gasteiger partial charge in [-0.2, -0.15) is 0 Å². The molecule has 24 heavy (non-hydrogen) atoms. The van der Waals surface area contributed by atoms with Gasteiger partial charge in [-0.05, 0) is 37.5 Å². The maximum atomic E-state index is 12.6. The van der Waals surface area contributed by atoms with Gasteiger partial charge in [0.05, 0.1) is 25.3 Å². The van der Waals surface area contributed by atoms with Gasteiger partial charge in [-0.15, -0.1) is 0 Å². The summed E-state index contributed by atoms with van der Waals surface area (Å²) in [6.45, 7) is 1.98. The van der Waals surface area contributed by atoms with E-state index >= 15 is 0 Å². The summed E-state index contributed by atoms with van der Waals surface area (Å²) >= 11 is 0. The van der Waals surface area contributed by atoms with E-state index in [1.54, 1.807) is 6.26 Å². The summed E-state index contributed by atoms with van der Waals surface area (Å²) in [5.74, 6) is 0.560. The van der Waals surface area contributed by atoms with Crippen molar-refractivity contribution in [3.05, 3.63) is 60.1 Å². The van der Waals surface area contributed by atoms with Crippen LogP contribution in [0.4, 0.5) is 0 Å². The molecule has 1 saturated carbocycles. The predicted molar refractivity (Wildman–Crippen MR) is 90.1 cm³/mol. The molecule has 2 amide bonds. The second-order valence-electron chi connectivity index (χ2n) is 6.16. The number of rotatable bonds is 7. The van der Waals surface area contributed by atoms with Crippen molar-refractivity contribution >= 4 is 11.8 Å². The molecule has 1 aromatic carbocycles. The third-order valence-corrected chi connectivity index (χ3v) is 4.24. The maximum absolute atomic E-state index is 12.6. The molecule has 3 rings (SSSR count). The molecular weight excluding hydrogens is 304 g/mol. The smallest absolute Gasteiger partial charge is 0.242 e. The van der Waals surface area contributed by atoms with Gasteiger partial charge in [0.15, 0.2) is 0 Å². The van der Waals surface area contributed by atoms with Gasteiger partial charge in [-0.3, -0.25) is 9.59 Å². The Balaban J connectivity index is 1.55. The topological polar surface area (TPSA) is 62.6 Å². The van der Waals surface area contributed by atoms with Crippen LogP contribution in [0.25, 0.3) is 0 Å². The van der Waals surface area contributed by atoms with Crippen molar-refractivity contribution in [1.29, 1.82) is 0 Å². The molecule has 2 aromatic rings. The minimum atomic E-state index is -0.143. The van der Waals surface area contributed by atoms with E-state index in [2.05, 4.69) is 5.32 Å². The Morgan fingerprint density at radius 2 is 1.96 bits per heavy atom. The van der Waals surface area contributed by atoms with Gasteiger partial charge in [0.2, 0.25) is 11.8 Å². The zero-order chi connectivity index (χ0) is 16.9. The van der Waals surface area contributed by atoms with E-state index < -0.39 is 0 Å². The minimum Gasteiger partial charge on any atom is -0.467 e. The van der Waals surface area contributed by atoms with Gasteiger partial charge in [-0.1, -0.05) is 30.3 Å². The summed E-state index contributed by atoms with van der Waals surface area (Å²) in [6, 6.07) is 13.3. The fraction of sp³-hybridized carbons (Fsp3) is 0.368. The second kappa shape index (κ2) is 7.34. The molecule has 1 fully saturated rings. The van der Waals surface area contributed by atoms with Gasteiger partial charge in [0.1, 0.15) is 5.76 Å². The van der Waals surface area contributed by atoms with Crippen molar-refractivity contribution in [3.8, 4) is 0 Å². The summed E-state index contributed by atoms with van der Waals surface area (Å²) in [4.78, 5) is 26.4. The van der Waals surface area contributed by atoms with E-state index in [4.69, 9.17) is 4.42 Å². The molecule has 1 aliphatic carbocycles. The highest BCUT2D eigenvalue weighted by Gasteiger charge is 2.37. The molecule has 0 bridgehead atoms. The Bertz CT molecular complexity index is 678. The van der Waals surface area contributed by atoms with Crippen LogP contribution in [0.2, 0.25) is 0 Å². The fourth-order valence-corrected chi connectivity index (χ4v) is 2.86. The van der Waals surface area contributed by atoms with Crippen molar-refractivity contribution in [2.45, 2.75) is 38.3 Å². The number of hydrogen-bond acceptors (Lipinski definition) is 3. The van der Waals surface area contributed by atoms with Crippen LogP contribution >= 0.6 is 0 Å². The van der Waals surface area contributed by atoms with Crippen LogP contribution in [0.15, 0.2) is 53.1 Å². The quantitative estimate of drug-likeness (QED) is 0.851. The normalized spacial score (nSPS) is 14.9. The highest BCUT2D eigenvalue weighted by molar-refractivity contribution is 5.86. The first-order chi connectivity index (χ1) is 11.6. The molecular formula is C19H22N2O3. The lowest BCUT2D eigenvalue weighted by Gasteiger charge is -2.28. The number of hydrogen-bond donors (Lipinski definition) is 1. The lowest BCUT2D eigenvalue weighted by molar-refractivity contribution is -0.135. The van der Waals surface area contributed by atoms with Crippen LogP contribution < -0.4 is 5.32 Å². The van der Waals surface area contributed by atoms with Gasteiger partial charge in [0, 0.05) is 6.04 Å². The monoisotopic (exact) mass is 326 g/mol. The molecule has 1 aromatic heterocycles. The van der Waals surface area contributed by atoms with Crippen LogP contribution in [-0.4, -0.2) is 29.3 Å². The molecule has 1 aliphatic rings. The van der Waals surface area contributed by atoms with E-state index in [0.29, 0.717) is 0 Å². The third kappa shape index (κ3) is 4.04. The Hall–Kier alpha value is -2.56. The van der Waals surface area contributed by atoms with E-state index in [9.17, 15) is 9.59 Å². The second-order valence-corrected chi connectivity index (χ2v) is 6.16. The van der Waals surface area contributed by atoms with Crippen LogP contribution in [0.1, 0.15) is 37.1 Å². The summed E-state index contributed by atoms with van der Waals surface area (Å²) in [7, 11) is 0. The largest absolute Gasteiger partial charge is 0.467 e. The number of nitrogens with zero attached hydrogens (tertiary/aromatic N) is 1. The van der Waals surface area contributed by atoms with Gasteiger partial charge in [-0.25, -0.2) is 0 Å². The van der Waals surface area contributed by atoms with Crippen molar-refractivity contribution in [3.63, 3.8) is 0 Å². The van der Waals surface area contributed by atoms with Crippen molar-refractivity contribution < 1.29 is 14.0 Å². The van der Waals surface area contributed by atoms with E-state index in [0.717, 1.165) is 24.2 Å². The molecule has 0 aliphatic heterocycles. The van der Waals surface area contributed by atoms with Crippen molar-refractivity contribution in [2.24, 2.45) is 0 Å². The molecule has 0 spiro atoms. The fourth-order valence-electron chi connectivity index (χ4n) is 2.86. The van der Waals surface area contributed by atoms with E-state index in [1.807, 2.05) is 54.3 Å². The number of benzene rings is 1. The summed E-state index contributed by atoms with van der Waals surface area (Å²) in [5.41, 5.74) is 0.936. The SMILES string of the molecule is C[C@H](c1ccco1)N(C(=O)CNC(=O)Cc1ccccc1)C1CC1. The summed E-state index contributed by atoms with van der Waals surface area (Å²) < 4.78 is 5.43. The summed E-state index contributed by atoms with van der Waals surface area (Å²) in [5, 5.41) is 2.73. The maximum Gasteiger partial charge on any atom is 0.242 e. The molecule has 0 unspecified atom stereocenters. The van der Waals surface area contributed by atoms with Crippen molar-refractivity contribution in [1.82, 2.24) is 10.2 Å². The number of nitrogens with one attached hydrogen (secondary N) is 1. The first-order valence-corrected chi connectivity index (χ1v) is 8.30. The third-order valence-electron chi connectivity index (χ3n) is 4.24. The molecule has 5 nitrogen and oxygen atoms in total. The molecule has 1 heterocycles. The average molecular weight is 326 g/mol. The minimum absolute atomic E-state index is 0.0210.